The normalized spacial score (nSPS) is 12.0. The van der Waals surface area contributed by atoms with Crippen molar-refractivity contribution in [1.29, 1.82) is 0 Å². The number of halogens is 6. The summed E-state index contributed by atoms with van der Waals surface area (Å²) in [6.45, 7) is -0.262. The van der Waals surface area contributed by atoms with Gasteiger partial charge in [-0.25, -0.2) is 9.18 Å². The Morgan fingerprint density at radius 2 is 1.61 bits per heavy atom. The summed E-state index contributed by atoms with van der Waals surface area (Å²) in [6.07, 6.45) is -6.03. The third-order valence-electron chi connectivity index (χ3n) is 5.67. The minimum atomic E-state index is -4.37. The Labute approximate surface area is 232 Å². The number of aryl methyl sites for hydroxylation is 1. The minimum absolute atomic E-state index is 0.167. The molecule has 0 aliphatic carbocycles. The predicted octanol–water partition coefficient (Wildman–Crippen LogP) is 7.03. The molecule has 4 N–H and O–H groups in total. The average molecular weight is 583 g/mol. The minimum Gasteiger partial charge on any atom is -0.491 e. The molecule has 6 nitrogen and oxygen atoms in total. The van der Waals surface area contributed by atoms with Crippen LogP contribution < -0.4 is 20.9 Å². The van der Waals surface area contributed by atoms with Gasteiger partial charge < -0.3 is 25.7 Å². The van der Waals surface area contributed by atoms with E-state index in [9.17, 15) is 31.1 Å². The molecule has 12 heteroatoms. The first kappa shape index (κ1) is 31.2. The van der Waals surface area contributed by atoms with Gasteiger partial charge in [0.25, 0.3) is 0 Å². The van der Waals surface area contributed by atoms with Gasteiger partial charge in [-0.3, -0.25) is 0 Å². The van der Waals surface area contributed by atoms with Crippen LogP contribution in [0.1, 0.15) is 36.0 Å². The maximum atomic E-state index is 14.6. The van der Waals surface area contributed by atoms with Crippen molar-refractivity contribution >= 4 is 23.4 Å². The summed E-state index contributed by atoms with van der Waals surface area (Å²) in [7, 11) is 0. The Morgan fingerprint density at radius 3 is 2.27 bits per heavy atom. The number of hydrogen-bond donors (Lipinski definition) is 2. The van der Waals surface area contributed by atoms with Crippen LogP contribution in [0.25, 0.3) is 6.08 Å². The molecule has 0 unspecified atom stereocenters. The van der Waals surface area contributed by atoms with E-state index in [4.69, 9.17) is 25.7 Å². The van der Waals surface area contributed by atoms with Crippen molar-refractivity contribution in [2.24, 2.45) is 0 Å². The van der Waals surface area contributed by atoms with Gasteiger partial charge in [-0.1, -0.05) is 18.2 Å². The highest BCUT2D eigenvalue weighted by Gasteiger charge is 2.35. The summed E-state index contributed by atoms with van der Waals surface area (Å²) in [5, 5.41) is 0. The third-order valence-corrected chi connectivity index (χ3v) is 5.67. The number of hydrogen-bond acceptors (Lipinski definition) is 6. The maximum absolute atomic E-state index is 14.6. The van der Waals surface area contributed by atoms with Crippen molar-refractivity contribution in [2.45, 2.75) is 38.0 Å². The molecule has 0 saturated carbocycles. The quantitative estimate of drug-likeness (QED) is 0.0739. The summed E-state index contributed by atoms with van der Waals surface area (Å²) >= 11 is 0. The van der Waals surface area contributed by atoms with Crippen LogP contribution in [0.15, 0.2) is 66.7 Å². The smallest absolute Gasteiger partial charge is 0.426 e. The average Bonchev–Trinajstić information content (AvgIpc) is 2.89. The lowest BCUT2D eigenvalue weighted by Gasteiger charge is -2.19. The Kier molecular flexibility index (Phi) is 10.5. The SMILES string of the molecule is Nc1ccc(CCCOC(=O)/C=C/c2ccc(OC(F)(F)c3ccc(OCCCC(F)(F)F)c(F)c3)cc2)c(N)c1. The summed E-state index contributed by atoms with van der Waals surface area (Å²) < 4.78 is 94.7. The van der Waals surface area contributed by atoms with E-state index < -0.39 is 54.8 Å². The van der Waals surface area contributed by atoms with Crippen LogP contribution in [0.2, 0.25) is 0 Å². The molecule has 0 bridgehead atoms. The first-order valence-corrected chi connectivity index (χ1v) is 12.5. The molecule has 3 aromatic carbocycles. The van der Waals surface area contributed by atoms with Crippen LogP contribution in [0.4, 0.5) is 37.7 Å². The van der Waals surface area contributed by atoms with Gasteiger partial charge >= 0.3 is 18.3 Å². The van der Waals surface area contributed by atoms with E-state index in [2.05, 4.69) is 0 Å². The van der Waals surface area contributed by atoms with Gasteiger partial charge in [-0.05, 0) is 78.9 Å². The number of nitrogens with two attached hydrogens (primary N) is 2. The number of carbonyl (C=O) groups excluding carboxylic acids is 1. The zero-order valence-corrected chi connectivity index (χ0v) is 21.7. The second-order valence-electron chi connectivity index (χ2n) is 8.96. The van der Waals surface area contributed by atoms with E-state index in [1.807, 2.05) is 6.07 Å². The molecule has 3 rings (SSSR count). The van der Waals surface area contributed by atoms with Crippen molar-refractivity contribution in [2.75, 3.05) is 24.7 Å². The molecule has 0 fully saturated rings. The standard InChI is InChI=1S/C29H28F6N2O4/c30-24-17-21(8-12-26(24)39-16-2-14-28(31,32)33)29(34,35)41-23-10-4-19(5-11-23)6-13-27(38)40-15-1-3-20-7-9-22(36)18-25(20)37/h4-13,17-18H,1-3,14-16,36-37H2/b13-6+. The maximum Gasteiger partial charge on any atom is 0.426 e. The van der Waals surface area contributed by atoms with Gasteiger partial charge in [0.2, 0.25) is 0 Å². The summed E-state index contributed by atoms with van der Waals surface area (Å²) in [6, 6.07) is 12.8. The van der Waals surface area contributed by atoms with E-state index in [0.29, 0.717) is 35.8 Å². The van der Waals surface area contributed by atoms with E-state index in [1.54, 1.807) is 12.1 Å². The first-order chi connectivity index (χ1) is 19.3. The lowest BCUT2D eigenvalue weighted by molar-refractivity contribution is -0.185. The zero-order chi connectivity index (χ0) is 30.0. The van der Waals surface area contributed by atoms with Gasteiger partial charge in [0, 0.05) is 23.9 Å². The lowest BCUT2D eigenvalue weighted by atomic mass is 10.1. The molecule has 0 radical (unpaired) electrons. The highest BCUT2D eigenvalue weighted by atomic mass is 19.4. The monoisotopic (exact) mass is 582 g/mol. The second kappa shape index (κ2) is 13.8. The van der Waals surface area contributed by atoms with E-state index in [1.165, 1.54) is 36.4 Å². The Hall–Kier alpha value is -4.35. The summed E-state index contributed by atoms with van der Waals surface area (Å²) in [4.78, 5) is 12.0. The van der Waals surface area contributed by atoms with E-state index in [-0.39, 0.29) is 12.4 Å². The van der Waals surface area contributed by atoms with Crippen LogP contribution >= 0.6 is 0 Å². The van der Waals surface area contributed by atoms with Crippen LogP contribution in [-0.4, -0.2) is 25.4 Å². The molecule has 0 spiro atoms. The molecule has 0 aliphatic rings. The van der Waals surface area contributed by atoms with Crippen molar-refractivity contribution in [1.82, 2.24) is 0 Å². The number of esters is 1. The number of rotatable bonds is 13. The van der Waals surface area contributed by atoms with Crippen molar-refractivity contribution in [3.05, 3.63) is 89.2 Å². The molecule has 3 aromatic rings. The van der Waals surface area contributed by atoms with E-state index >= 15 is 0 Å². The molecule has 0 amide bonds. The molecule has 220 valence electrons. The molecule has 0 heterocycles. The molecule has 0 saturated heterocycles. The lowest BCUT2D eigenvalue weighted by Crippen LogP contribution is -2.22. The Balaban J connectivity index is 1.46. The number of nitrogen functional groups attached to an aromatic ring is 2. The van der Waals surface area contributed by atoms with Crippen LogP contribution in [0.5, 0.6) is 11.5 Å². The fraction of sp³-hybridized carbons (Fsp3) is 0.276. The van der Waals surface area contributed by atoms with Gasteiger partial charge in [0.15, 0.2) is 11.6 Å². The molecule has 0 atom stereocenters. The van der Waals surface area contributed by atoms with E-state index in [0.717, 1.165) is 17.7 Å². The van der Waals surface area contributed by atoms with Crippen LogP contribution in [-0.2, 0) is 22.1 Å². The zero-order valence-electron chi connectivity index (χ0n) is 21.7. The van der Waals surface area contributed by atoms with Gasteiger partial charge in [-0.15, -0.1) is 0 Å². The molecule has 0 aromatic heterocycles. The van der Waals surface area contributed by atoms with Gasteiger partial charge in [-0.2, -0.15) is 22.0 Å². The number of ether oxygens (including phenoxy) is 3. The highest BCUT2D eigenvalue weighted by molar-refractivity contribution is 5.87. The molecule has 0 aliphatic heterocycles. The van der Waals surface area contributed by atoms with Crippen molar-refractivity contribution in [3.63, 3.8) is 0 Å². The van der Waals surface area contributed by atoms with Crippen molar-refractivity contribution in [3.8, 4) is 11.5 Å². The summed E-state index contributed by atoms with van der Waals surface area (Å²) in [5.74, 6) is -2.44. The molecular formula is C29H28F6N2O4. The topological polar surface area (TPSA) is 96.8 Å². The van der Waals surface area contributed by atoms with Gasteiger partial charge in [0.05, 0.1) is 18.8 Å². The van der Waals surface area contributed by atoms with Crippen LogP contribution in [0.3, 0.4) is 0 Å². The molecular weight excluding hydrogens is 554 g/mol. The number of alkyl halides is 5. The van der Waals surface area contributed by atoms with Gasteiger partial charge in [0.1, 0.15) is 5.75 Å². The fourth-order valence-electron chi connectivity index (χ4n) is 3.60. The third kappa shape index (κ3) is 10.3. The first-order valence-electron chi connectivity index (χ1n) is 12.5. The number of benzene rings is 3. The van der Waals surface area contributed by atoms with Crippen molar-refractivity contribution < 1.29 is 45.3 Å². The summed E-state index contributed by atoms with van der Waals surface area (Å²) in [5.41, 5.74) is 13.3. The Bertz CT molecular complexity index is 1340. The number of anilines is 2. The largest absolute Gasteiger partial charge is 0.491 e. The highest BCUT2D eigenvalue weighted by Crippen LogP contribution is 2.34. The van der Waals surface area contributed by atoms with Crippen LogP contribution in [0, 0.1) is 5.82 Å². The fourth-order valence-corrected chi connectivity index (χ4v) is 3.60. The Morgan fingerprint density at radius 1 is 0.878 bits per heavy atom. The number of carbonyl (C=O) groups is 1. The predicted molar refractivity (Wildman–Crippen MR) is 142 cm³/mol. The molecule has 41 heavy (non-hydrogen) atoms. The second-order valence-corrected chi connectivity index (χ2v) is 8.96.